The van der Waals surface area contributed by atoms with E-state index in [-0.39, 0.29) is 18.7 Å². The van der Waals surface area contributed by atoms with Crippen LogP contribution in [0.4, 0.5) is 10.5 Å². The Hall–Kier alpha value is -0.970. The molecule has 1 fully saturated rings. The first-order valence-corrected chi connectivity index (χ1v) is 7.33. The van der Waals surface area contributed by atoms with Crippen molar-refractivity contribution in [3.63, 3.8) is 0 Å². The molecule has 1 aromatic carbocycles. The number of hydrogen-bond donors (Lipinski definition) is 2. The van der Waals surface area contributed by atoms with Gasteiger partial charge in [0.25, 0.3) is 0 Å². The highest BCUT2D eigenvalue weighted by atomic mass is 35.5. The molecule has 0 radical (unpaired) electrons. The van der Waals surface area contributed by atoms with Gasteiger partial charge in [-0.2, -0.15) is 0 Å². The predicted molar refractivity (Wildman–Crippen MR) is 81.6 cm³/mol. The second-order valence-corrected chi connectivity index (χ2v) is 6.04. The normalized spacial score (nSPS) is 22.1. The van der Waals surface area contributed by atoms with E-state index in [2.05, 4.69) is 5.32 Å². The highest BCUT2D eigenvalue weighted by Crippen LogP contribution is 2.30. The minimum atomic E-state index is -0.254. The topological polar surface area (TPSA) is 52.6 Å². The molecule has 110 valence electrons. The molecule has 0 bridgehead atoms. The lowest BCUT2D eigenvalue weighted by molar-refractivity contribution is 0.152. The molecule has 2 rings (SSSR count). The van der Waals surface area contributed by atoms with E-state index >= 15 is 0 Å². The Morgan fingerprint density at radius 1 is 1.45 bits per heavy atom. The molecule has 1 aromatic rings. The van der Waals surface area contributed by atoms with Gasteiger partial charge in [-0.1, -0.05) is 30.1 Å². The molecule has 1 aliphatic rings. The third-order valence-electron chi connectivity index (χ3n) is 3.82. The molecule has 1 saturated heterocycles. The zero-order chi connectivity index (χ0) is 14.9. The molecule has 0 aliphatic carbocycles. The number of aliphatic hydroxyl groups is 1. The highest BCUT2D eigenvalue weighted by molar-refractivity contribution is 6.36. The molecule has 2 N–H and O–H groups in total. The van der Waals surface area contributed by atoms with Gasteiger partial charge in [0.15, 0.2) is 0 Å². The molecular formula is C14H18Cl2N2O2. The minimum Gasteiger partial charge on any atom is -0.394 e. The molecule has 0 saturated carbocycles. The molecule has 0 spiro atoms. The maximum atomic E-state index is 12.3. The second kappa shape index (κ2) is 6.20. The van der Waals surface area contributed by atoms with E-state index in [0.717, 1.165) is 12.0 Å². The van der Waals surface area contributed by atoms with Crippen LogP contribution in [0.15, 0.2) is 12.1 Å². The monoisotopic (exact) mass is 316 g/mol. The summed E-state index contributed by atoms with van der Waals surface area (Å²) in [5.41, 5.74) is 1.35. The third kappa shape index (κ3) is 3.03. The number of anilines is 1. The van der Waals surface area contributed by atoms with Gasteiger partial charge < -0.3 is 15.3 Å². The number of amides is 2. The first kappa shape index (κ1) is 15.4. The number of hydrogen-bond acceptors (Lipinski definition) is 2. The Bertz CT molecular complexity index is 522. The number of urea groups is 1. The fourth-order valence-electron chi connectivity index (χ4n) is 2.47. The fraction of sp³-hybridized carbons (Fsp3) is 0.500. The van der Waals surface area contributed by atoms with Gasteiger partial charge in [0.05, 0.1) is 23.4 Å². The summed E-state index contributed by atoms with van der Waals surface area (Å²) in [5.74, 6) is 0.294. The van der Waals surface area contributed by atoms with Crippen LogP contribution in [0.25, 0.3) is 0 Å². The minimum absolute atomic E-state index is 0.0308. The summed E-state index contributed by atoms with van der Waals surface area (Å²) >= 11 is 12.2. The number of benzene rings is 1. The predicted octanol–water partition coefficient (Wildman–Crippen LogP) is 3.54. The van der Waals surface area contributed by atoms with Crippen molar-refractivity contribution in [1.82, 2.24) is 4.90 Å². The fourth-order valence-corrected chi connectivity index (χ4v) is 2.90. The summed E-state index contributed by atoms with van der Waals surface area (Å²) < 4.78 is 0. The van der Waals surface area contributed by atoms with Crippen molar-refractivity contribution in [1.29, 1.82) is 0 Å². The quantitative estimate of drug-likeness (QED) is 0.876. The van der Waals surface area contributed by atoms with Crippen LogP contribution in [0, 0.1) is 12.8 Å². The van der Waals surface area contributed by atoms with Crippen LogP contribution in [0.3, 0.4) is 0 Å². The summed E-state index contributed by atoms with van der Waals surface area (Å²) in [7, 11) is 0. The summed E-state index contributed by atoms with van der Waals surface area (Å²) in [6.07, 6.45) is 0.890. The van der Waals surface area contributed by atoms with E-state index in [1.54, 1.807) is 17.0 Å². The number of carbonyl (C=O) groups is 1. The molecule has 1 aliphatic heterocycles. The third-order valence-corrected chi connectivity index (χ3v) is 4.54. The highest BCUT2D eigenvalue weighted by Gasteiger charge is 2.34. The molecule has 4 nitrogen and oxygen atoms in total. The van der Waals surface area contributed by atoms with Crippen molar-refractivity contribution < 1.29 is 9.90 Å². The summed E-state index contributed by atoms with van der Waals surface area (Å²) in [5, 5.41) is 13.2. The number of aryl methyl sites for hydroxylation is 1. The van der Waals surface area contributed by atoms with Gasteiger partial charge in [-0.05, 0) is 37.0 Å². The van der Waals surface area contributed by atoms with Crippen LogP contribution in [0.5, 0.6) is 0 Å². The van der Waals surface area contributed by atoms with Crippen molar-refractivity contribution >= 4 is 34.9 Å². The Morgan fingerprint density at radius 3 is 2.80 bits per heavy atom. The first-order valence-electron chi connectivity index (χ1n) is 6.58. The maximum absolute atomic E-state index is 12.3. The average molecular weight is 317 g/mol. The van der Waals surface area contributed by atoms with E-state index in [9.17, 15) is 9.90 Å². The van der Waals surface area contributed by atoms with Crippen molar-refractivity contribution in [2.75, 3.05) is 18.5 Å². The smallest absolute Gasteiger partial charge is 0.322 e. The van der Waals surface area contributed by atoms with Crippen LogP contribution in [0.2, 0.25) is 10.0 Å². The van der Waals surface area contributed by atoms with E-state index < -0.39 is 0 Å². The van der Waals surface area contributed by atoms with Gasteiger partial charge in [-0.15, -0.1) is 0 Å². The van der Waals surface area contributed by atoms with Gasteiger partial charge in [0.1, 0.15) is 0 Å². The van der Waals surface area contributed by atoms with E-state index in [1.807, 2.05) is 13.8 Å². The summed E-state index contributed by atoms with van der Waals surface area (Å²) in [6.45, 7) is 4.49. The van der Waals surface area contributed by atoms with Gasteiger partial charge >= 0.3 is 6.03 Å². The first-order chi connectivity index (χ1) is 9.43. The average Bonchev–Trinajstić information content (AvgIpc) is 2.77. The maximum Gasteiger partial charge on any atom is 0.322 e. The lowest BCUT2D eigenvalue weighted by Crippen LogP contribution is -2.42. The number of nitrogens with zero attached hydrogens (tertiary/aromatic N) is 1. The standard InChI is InChI=1S/C14H18Cl2N2O2/c1-8-3-4-18(13(8)7-19)14(20)17-12-6-10(15)9(2)5-11(12)16/h5-6,8,13,19H,3-4,7H2,1-2H3,(H,17,20). The number of carbonyl (C=O) groups excluding carboxylic acids is 1. The second-order valence-electron chi connectivity index (χ2n) is 5.22. The molecule has 20 heavy (non-hydrogen) atoms. The molecule has 2 amide bonds. The largest absolute Gasteiger partial charge is 0.394 e. The molecule has 6 heteroatoms. The van der Waals surface area contributed by atoms with Crippen molar-refractivity contribution in [3.8, 4) is 0 Å². The van der Waals surface area contributed by atoms with E-state index in [1.165, 1.54) is 0 Å². The Balaban J connectivity index is 2.14. The van der Waals surface area contributed by atoms with Crippen LogP contribution < -0.4 is 5.32 Å². The SMILES string of the molecule is Cc1cc(Cl)c(NC(=O)N2CCC(C)C2CO)cc1Cl. The van der Waals surface area contributed by atoms with E-state index in [4.69, 9.17) is 23.2 Å². The number of nitrogens with one attached hydrogen (secondary N) is 1. The van der Waals surface area contributed by atoms with Gasteiger partial charge in [0.2, 0.25) is 0 Å². The van der Waals surface area contributed by atoms with Gasteiger partial charge in [0, 0.05) is 11.6 Å². The zero-order valence-electron chi connectivity index (χ0n) is 11.5. The van der Waals surface area contributed by atoms with Gasteiger partial charge in [-0.3, -0.25) is 0 Å². The van der Waals surface area contributed by atoms with Gasteiger partial charge in [-0.25, -0.2) is 4.79 Å². The van der Waals surface area contributed by atoms with Crippen LogP contribution in [0.1, 0.15) is 18.9 Å². The lowest BCUT2D eigenvalue weighted by atomic mass is 10.0. The molecule has 1 heterocycles. The van der Waals surface area contributed by atoms with Crippen LogP contribution >= 0.6 is 23.2 Å². The number of likely N-dealkylation sites (tertiary alicyclic amines) is 1. The van der Waals surface area contributed by atoms with Crippen molar-refractivity contribution in [2.45, 2.75) is 26.3 Å². The van der Waals surface area contributed by atoms with Crippen LogP contribution in [-0.2, 0) is 0 Å². The number of aliphatic hydroxyl groups excluding tert-OH is 1. The Labute approximate surface area is 128 Å². The van der Waals surface area contributed by atoms with Crippen LogP contribution in [-0.4, -0.2) is 35.2 Å². The van der Waals surface area contributed by atoms with Crippen molar-refractivity contribution in [3.05, 3.63) is 27.7 Å². The molecule has 0 aromatic heterocycles. The summed E-state index contributed by atoms with van der Waals surface area (Å²) in [4.78, 5) is 13.9. The number of rotatable bonds is 2. The Kier molecular flexibility index (Phi) is 4.78. The molecular weight excluding hydrogens is 299 g/mol. The molecule has 2 atom stereocenters. The lowest BCUT2D eigenvalue weighted by Gasteiger charge is -2.25. The van der Waals surface area contributed by atoms with E-state index in [0.29, 0.717) is 28.2 Å². The Morgan fingerprint density at radius 2 is 2.15 bits per heavy atom. The zero-order valence-corrected chi connectivity index (χ0v) is 13.0. The molecule has 2 unspecified atom stereocenters. The summed E-state index contributed by atoms with van der Waals surface area (Å²) in [6, 6.07) is 2.96. The number of halogens is 2. The van der Waals surface area contributed by atoms with Crippen molar-refractivity contribution in [2.24, 2.45) is 5.92 Å².